The van der Waals surface area contributed by atoms with E-state index >= 15 is 0 Å². The molecule has 3 unspecified atom stereocenters. The first kappa shape index (κ1) is 14.8. The van der Waals surface area contributed by atoms with Crippen molar-refractivity contribution in [2.45, 2.75) is 44.9 Å². The molecule has 0 saturated heterocycles. The third-order valence-corrected chi connectivity index (χ3v) is 5.35. The average Bonchev–Trinajstić information content (AvgIpc) is 3.29. The standard InChI is InChI=1S/C19H25N3O/c1-20-12-17-11-19(23-13-14-5-3-2-4-6-14)22(21-17)18-10-15-7-8-16(18)9-15/h2-6,11,15-16,18,20H,7-10,12-13H2,1H3. The van der Waals surface area contributed by atoms with Crippen molar-refractivity contribution in [2.75, 3.05) is 7.05 Å². The maximum Gasteiger partial charge on any atom is 0.212 e. The van der Waals surface area contributed by atoms with Gasteiger partial charge in [0.2, 0.25) is 5.88 Å². The minimum atomic E-state index is 0.533. The zero-order chi connectivity index (χ0) is 15.6. The molecule has 0 spiro atoms. The van der Waals surface area contributed by atoms with E-state index in [0.717, 1.165) is 30.0 Å². The number of nitrogens with one attached hydrogen (secondary N) is 1. The monoisotopic (exact) mass is 311 g/mol. The van der Waals surface area contributed by atoms with Crippen molar-refractivity contribution < 1.29 is 4.74 Å². The van der Waals surface area contributed by atoms with Crippen molar-refractivity contribution >= 4 is 0 Å². The van der Waals surface area contributed by atoms with E-state index in [1.165, 1.54) is 31.2 Å². The molecule has 2 aliphatic carbocycles. The van der Waals surface area contributed by atoms with E-state index in [1.807, 2.05) is 13.1 Å². The molecule has 4 heteroatoms. The van der Waals surface area contributed by atoms with Crippen LogP contribution in [0.1, 0.15) is 43.0 Å². The van der Waals surface area contributed by atoms with E-state index in [1.54, 1.807) is 0 Å². The lowest BCUT2D eigenvalue weighted by atomic mass is 9.95. The Morgan fingerprint density at radius 2 is 2.09 bits per heavy atom. The lowest BCUT2D eigenvalue weighted by Crippen LogP contribution is -2.19. The van der Waals surface area contributed by atoms with E-state index in [2.05, 4.69) is 40.3 Å². The number of fused-ring (bicyclic) bond motifs is 2. The first-order chi connectivity index (χ1) is 11.3. The normalized spacial score (nSPS) is 25.9. The minimum Gasteiger partial charge on any atom is -0.473 e. The molecule has 0 aliphatic heterocycles. The lowest BCUT2D eigenvalue weighted by molar-refractivity contribution is 0.229. The summed E-state index contributed by atoms with van der Waals surface area (Å²) in [4.78, 5) is 0. The fourth-order valence-electron chi connectivity index (χ4n) is 4.28. The highest BCUT2D eigenvalue weighted by Crippen LogP contribution is 2.51. The molecule has 1 N–H and O–H groups in total. The number of aromatic nitrogens is 2. The molecule has 0 radical (unpaired) electrons. The molecule has 2 aliphatic rings. The zero-order valence-electron chi connectivity index (χ0n) is 13.7. The van der Waals surface area contributed by atoms with Gasteiger partial charge in [-0.15, -0.1) is 0 Å². The summed E-state index contributed by atoms with van der Waals surface area (Å²) >= 11 is 0. The second-order valence-electron chi connectivity index (χ2n) is 6.97. The topological polar surface area (TPSA) is 39.1 Å². The van der Waals surface area contributed by atoms with E-state index in [4.69, 9.17) is 9.84 Å². The van der Waals surface area contributed by atoms with Crippen LogP contribution in [0.2, 0.25) is 0 Å². The van der Waals surface area contributed by atoms with Crippen LogP contribution in [0.3, 0.4) is 0 Å². The zero-order valence-corrected chi connectivity index (χ0v) is 13.7. The average molecular weight is 311 g/mol. The molecule has 0 amide bonds. The van der Waals surface area contributed by atoms with Gasteiger partial charge >= 0.3 is 0 Å². The van der Waals surface area contributed by atoms with Crippen LogP contribution in [0.5, 0.6) is 5.88 Å². The fraction of sp³-hybridized carbons (Fsp3) is 0.526. The first-order valence-corrected chi connectivity index (χ1v) is 8.73. The lowest BCUT2D eigenvalue weighted by Gasteiger charge is -2.23. The van der Waals surface area contributed by atoms with Crippen LogP contribution in [0.15, 0.2) is 36.4 Å². The summed E-state index contributed by atoms with van der Waals surface area (Å²) in [6, 6.07) is 13.0. The van der Waals surface area contributed by atoms with Gasteiger partial charge in [-0.1, -0.05) is 36.8 Å². The van der Waals surface area contributed by atoms with Gasteiger partial charge in [0.15, 0.2) is 0 Å². The van der Waals surface area contributed by atoms with E-state index in [9.17, 15) is 0 Å². The summed E-state index contributed by atoms with van der Waals surface area (Å²) in [6.45, 7) is 1.39. The van der Waals surface area contributed by atoms with Crippen LogP contribution in [0.4, 0.5) is 0 Å². The number of benzene rings is 1. The van der Waals surface area contributed by atoms with Gasteiger partial charge in [0.05, 0.1) is 11.7 Å². The van der Waals surface area contributed by atoms with Crippen molar-refractivity contribution in [1.29, 1.82) is 0 Å². The Morgan fingerprint density at radius 3 is 2.78 bits per heavy atom. The highest BCUT2D eigenvalue weighted by Gasteiger charge is 2.41. The first-order valence-electron chi connectivity index (χ1n) is 8.73. The largest absolute Gasteiger partial charge is 0.473 e. The van der Waals surface area contributed by atoms with E-state index in [0.29, 0.717) is 12.6 Å². The third-order valence-electron chi connectivity index (χ3n) is 5.35. The summed E-state index contributed by atoms with van der Waals surface area (Å²) in [5.41, 5.74) is 2.27. The molecule has 122 valence electrons. The van der Waals surface area contributed by atoms with Crippen LogP contribution < -0.4 is 10.1 Å². The molecule has 3 atom stereocenters. The summed E-state index contributed by atoms with van der Waals surface area (Å²) < 4.78 is 8.32. The SMILES string of the molecule is CNCc1cc(OCc2ccccc2)n(C2CC3CCC2C3)n1. The maximum atomic E-state index is 6.14. The van der Waals surface area contributed by atoms with Crippen molar-refractivity contribution in [2.24, 2.45) is 11.8 Å². The van der Waals surface area contributed by atoms with Gasteiger partial charge in [-0.05, 0) is 43.7 Å². The summed E-state index contributed by atoms with van der Waals surface area (Å²) in [5, 5.41) is 8.03. The molecule has 2 bridgehead atoms. The predicted molar refractivity (Wildman–Crippen MR) is 90.2 cm³/mol. The molecule has 23 heavy (non-hydrogen) atoms. The Bertz CT molecular complexity index is 652. The highest BCUT2D eigenvalue weighted by atomic mass is 16.5. The van der Waals surface area contributed by atoms with Crippen LogP contribution in [-0.2, 0) is 13.2 Å². The van der Waals surface area contributed by atoms with Gasteiger partial charge in [0, 0.05) is 12.6 Å². The van der Waals surface area contributed by atoms with Gasteiger partial charge < -0.3 is 10.1 Å². The number of rotatable bonds is 6. The molecule has 1 aromatic heterocycles. The molecular formula is C19H25N3O. The number of ether oxygens (including phenoxy) is 1. The van der Waals surface area contributed by atoms with Crippen molar-refractivity contribution in [3.8, 4) is 5.88 Å². The van der Waals surface area contributed by atoms with Crippen LogP contribution in [0.25, 0.3) is 0 Å². The number of hydrogen-bond acceptors (Lipinski definition) is 3. The fourth-order valence-corrected chi connectivity index (χ4v) is 4.28. The maximum absolute atomic E-state index is 6.14. The van der Waals surface area contributed by atoms with Gasteiger partial charge in [-0.2, -0.15) is 5.10 Å². The Balaban J connectivity index is 1.54. The smallest absolute Gasteiger partial charge is 0.212 e. The van der Waals surface area contributed by atoms with Gasteiger partial charge in [-0.25, -0.2) is 4.68 Å². The molecule has 4 rings (SSSR count). The van der Waals surface area contributed by atoms with Gasteiger partial charge in [0.25, 0.3) is 0 Å². The van der Waals surface area contributed by atoms with Crippen LogP contribution >= 0.6 is 0 Å². The Kier molecular flexibility index (Phi) is 4.08. The quantitative estimate of drug-likeness (QED) is 0.887. The molecule has 2 saturated carbocycles. The van der Waals surface area contributed by atoms with Crippen LogP contribution in [-0.4, -0.2) is 16.8 Å². The molecule has 4 nitrogen and oxygen atoms in total. The molecular weight excluding hydrogens is 286 g/mol. The van der Waals surface area contributed by atoms with Crippen molar-refractivity contribution in [3.05, 3.63) is 47.7 Å². The Morgan fingerprint density at radius 1 is 1.22 bits per heavy atom. The van der Waals surface area contributed by atoms with Gasteiger partial charge in [-0.3, -0.25) is 0 Å². The van der Waals surface area contributed by atoms with Crippen molar-refractivity contribution in [1.82, 2.24) is 15.1 Å². The second-order valence-corrected chi connectivity index (χ2v) is 6.97. The summed E-state index contributed by atoms with van der Waals surface area (Å²) in [5.74, 6) is 2.63. The third kappa shape index (κ3) is 3.00. The minimum absolute atomic E-state index is 0.533. The highest BCUT2D eigenvalue weighted by molar-refractivity contribution is 5.20. The summed E-state index contributed by atoms with van der Waals surface area (Å²) in [7, 11) is 1.96. The molecule has 1 aromatic carbocycles. The number of nitrogens with zero attached hydrogens (tertiary/aromatic N) is 2. The van der Waals surface area contributed by atoms with E-state index in [-0.39, 0.29) is 0 Å². The van der Waals surface area contributed by atoms with Crippen molar-refractivity contribution in [3.63, 3.8) is 0 Å². The van der Waals surface area contributed by atoms with E-state index < -0.39 is 0 Å². The Hall–Kier alpha value is -1.81. The molecule has 2 aromatic rings. The van der Waals surface area contributed by atoms with Gasteiger partial charge in [0.1, 0.15) is 6.61 Å². The number of hydrogen-bond donors (Lipinski definition) is 1. The Labute approximate surface area is 137 Å². The summed E-state index contributed by atoms with van der Waals surface area (Å²) in [6.07, 6.45) is 5.41. The molecule has 2 fully saturated rings. The van der Waals surface area contributed by atoms with Crippen LogP contribution in [0, 0.1) is 11.8 Å². The second kappa shape index (κ2) is 6.36. The predicted octanol–water partition coefficient (Wildman–Crippen LogP) is 3.54. The molecule has 1 heterocycles.